The maximum absolute atomic E-state index is 11.0. The smallest absolute Gasteiger partial charge is 0.475 e. The maximum Gasteiger partial charge on any atom is 0.490 e. The summed E-state index contributed by atoms with van der Waals surface area (Å²) in [5.41, 5.74) is 0. The molecule has 0 aromatic carbocycles. The molecule has 0 aliphatic carbocycles. The normalized spacial score (nSPS) is 16.0. The number of carbonyl (C=O) groups excluding carboxylic acids is 1. The number of amides is 1. The summed E-state index contributed by atoms with van der Waals surface area (Å²) in [6, 6.07) is 0.297. The van der Waals surface area contributed by atoms with Gasteiger partial charge >= 0.3 is 18.2 Å². The number of aliphatic carboxylic acids is 1. The second-order valence-electron chi connectivity index (χ2n) is 3.69. The van der Waals surface area contributed by atoms with Gasteiger partial charge in [-0.2, -0.15) is 13.2 Å². The van der Waals surface area contributed by atoms with Crippen LogP contribution in [0.1, 0.15) is 19.8 Å². The zero-order valence-corrected chi connectivity index (χ0v) is 10.4. The molecule has 1 heterocycles. The van der Waals surface area contributed by atoms with E-state index in [1.165, 1.54) is 0 Å². The Labute approximate surface area is 108 Å². The van der Waals surface area contributed by atoms with Crippen LogP contribution in [0, 0.1) is 0 Å². The fourth-order valence-corrected chi connectivity index (χ4v) is 1.31. The molecular weight excluding hydrogens is 269 g/mol. The lowest BCUT2D eigenvalue weighted by Crippen LogP contribution is -2.42. The van der Waals surface area contributed by atoms with Crippen LogP contribution in [-0.4, -0.2) is 49.1 Å². The second kappa shape index (κ2) is 8.57. The number of hydrogen-bond acceptors (Lipinski definition) is 4. The van der Waals surface area contributed by atoms with E-state index >= 15 is 0 Å². The summed E-state index contributed by atoms with van der Waals surface area (Å²) in [6.07, 6.45) is -3.37. The van der Waals surface area contributed by atoms with Crippen molar-refractivity contribution in [1.29, 1.82) is 0 Å². The van der Waals surface area contributed by atoms with Gasteiger partial charge in [-0.3, -0.25) is 0 Å². The van der Waals surface area contributed by atoms with E-state index < -0.39 is 12.1 Å². The molecule has 0 aromatic heterocycles. The number of ether oxygens (including phenoxy) is 1. The lowest BCUT2D eigenvalue weighted by molar-refractivity contribution is -0.192. The van der Waals surface area contributed by atoms with Crippen molar-refractivity contribution in [3.63, 3.8) is 0 Å². The number of carbonyl (C=O) groups is 2. The fourth-order valence-electron chi connectivity index (χ4n) is 1.31. The van der Waals surface area contributed by atoms with Crippen LogP contribution in [0.3, 0.4) is 0 Å². The Bertz CT molecular complexity index is 291. The molecule has 112 valence electrons. The number of nitrogens with one attached hydrogen (secondary N) is 2. The first-order chi connectivity index (χ1) is 8.77. The van der Waals surface area contributed by atoms with Gasteiger partial charge in [-0.15, -0.1) is 0 Å². The summed E-state index contributed by atoms with van der Waals surface area (Å²) < 4.78 is 36.5. The highest BCUT2D eigenvalue weighted by atomic mass is 19.4. The van der Waals surface area contributed by atoms with E-state index in [2.05, 4.69) is 10.6 Å². The number of rotatable bonds is 2. The first-order valence-electron chi connectivity index (χ1n) is 5.71. The minimum Gasteiger partial charge on any atom is -0.475 e. The highest BCUT2D eigenvalue weighted by Gasteiger charge is 2.38. The minimum absolute atomic E-state index is 0.288. The molecule has 0 saturated carbocycles. The lowest BCUT2D eigenvalue weighted by Gasteiger charge is -2.22. The third-order valence-corrected chi connectivity index (χ3v) is 2.18. The van der Waals surface area contributed by atoms with Crippen LogP contribution in [0.5, 0.6) is 0 Å². The van der Waals surface area contributed by atoms with Gasteiger partial charge in [0, 0.05) is 6.04 Å². The van der Waals surface area contributed by atoms with Gasteiger partial charge < -0.3 is 20.5 Å². The highest BCUT2D eigenvalue weighted by Crippen LogP contribution is 2.13. The first kappa shape index (κ1) is 17.5. The SMILES string of the molecule is CCOC(=O)NC1CCNCC1.O=C(O)C(F)(F)F. The van der Waals surface area contributed by atoms with Crippen LogP contribution in [0.2, 0.25) is 0 Å². The van der Waals surface area contributed by atoms with Crippen molar-refractivity contribution in [3.05, 3.63) is 0 Å². The Balaban J connectivity index is 0.000000399. The van der Waals surface area contributed by atoms with E-state index in [9.17, 15) is 18.0 Å². The van der Waals surface area contributed by atoms with Crippen LogP contribution in [0.4, 0.5) is 18.0 Å². The van der Waals surface area contributed by atoms with Crippen molar-refractivity contribution in [1.82, 2.24) is 10.6 Å². The van der Waals surface area contributed by atoms with Gasteiger partial charge in [-0.1, -0.05) is 0 Å². The molecule has 1 rings (SSSR count). The molecule has 9 heteroatoms. The monoisotopic (exact) mass is 286 g/mol. The quantitative estimate of drug-likeness (QED) is 0.708. The third-order valence-electron chi connectivity index (χ3n) is 2.18. The number of alkyl carbamates (subject to hydrolysis) is 1. The molecular formula is C10H17F3N2O4. The van der Waals surface area contributed by atoms with Crippen LogP contribution < -0.4 is 10.6 Å². The van der Waals surface area contributed by atoms with Crippen LogP contribution in [0.15, 0.2) is 0 Å². The predicted molar refractivity (Wildman–Crippen MR) is 59.7 cm³/mol. The molecule has 0 bridgehead atoms. The molecule has 19 heavy (non-hydrogen) atoms. The highest BCUT2D eigenvalue weighted by molar-refractivity contribution is 5.73. The number of carboxylic acid groups (broad SMARTS) is 1. The molecule has 0 spiro atoms. The summed E-state index contributed by atoms with van der Waals surface area (Å²) in [5, 5.41) is 13.2. The van der Waals surface area contributed by atoms with Crippen molar-refractivity contribution < 1.29 is 32.6 Å². The summed E-state index contributed by atoms with van der Waals surface area (Å²) in [4.78, 5) is 19.9. The Morgan fingerprint density at radius 2 is 1.84 bits per heavy atom. The van der Waals surface area contributed by atoms with E-state index in [1.807, 2.05) is 6.92 Å². The van der Waals surface area contributed by atoms with E-state index in [0.29, 0.717) is 12.6 Å². The van der Waals surface area contributed by atoms with E-state index in [1.54, 1.807) is 0 Å². The van der Waals surface area contributed by atoms with Crippen molar-refractivity contribution in [2.45, 2.75) is 32.0 Å². The average molecular weight is 286 g/mol. The van der Waals surface area contributed by atoms with Crippen molar-refractivity contribution in [2.75, 3.05) is 19.7 Å². The number of hydrogen-bond donors (Lipinski definition) is 3. The maximum atomic E-state index is 11.0. The Morgan fingerprint density at radius 3 is 2.21 bits per heavy atom. The van der Waals surface area contributed by atoms with Crippen LogP contribution >= 0.6 is 0 Å². The van der Waals surface area contributed by atoms with Crippen LogP contribution in [-0.2, 0) is 9.53 Å². The average Bonchev–Trinajstić information content (AvgIpc) is 2.30. The van der Waals surface area contributed by atoms with Gasteiger partial charge in [0.05, 0.1) is 6.61 Å². The molecule has 6 nitrogen and oxygen atoms in total. The third kappa shape index (κ3) is 9.11. The van der Waals surface area contributed by atoms with E-state index in [0.717, 1.165) is 25.9 Å². The molecule has 0 radical (unpaired) electrons. The minimum atomic E-state index is -5.08. The zero-order chi connectivity index (χ0) is 14.9. The van der Waals surface area contributed by atoms with Gasteiger partial charge in [0.2, 0.25) is 0 Å². The molecule has 0 unspecified atom stereocenters. The van der Waals surface area contributed by atoms with Gasteiger partial charge in [-0.25, -0.2) is 9.59 Å². The van der Waals surface area contributed by atoms with E-state index in [-0.39, 0.29) is 6.09 Å². The fraction of sp³-hybridized carbons (Fsp3) is 0.800. The number of alkyl halides is 3. The van der Waals surface area contributed by atoms with Crippen LogP contribution in [0.25, 0.3) is 0 Å². The summed E-state index contributed by atoms with van der Waals surface area (Å²) in [5.74, 6) is -2.76. The summed E-state index contributed by atoms with van der Waals surface area (Å²) >= 11 is 0. The Kier molecular flexibility index (Phi) is 7.89. The molecule has 3 N–H and O–H groups in total. The Morgan fingerprint density at radius 1 is 1.37 bits per heavy atom. The Hall–Kier alpha value is -1.51. The predicted octanol–water partition coefficient (Wildman–Crippen LogP) is 1.12. The molecule has 1 saturated heterocycles. The van der Waals surface area contributed by atoms with E-state index in [4.69, 9.17) is 14.6 Å². The van der Waals surface area contributed by atoms with Gasteiger partial charge in [0.25, 0.3) is 0 Å². The zero-order valence-electron chi connectivity index (χ0n) is 10.4. The second-order valence-corrected chi connectivity index (χ2v) is 3.69. The molecule has 1 aliphatic rings. The molecule has 1 fully saturated rings. The van der Waals surface area contributed by atoms with Gasteiger partial charge in [0.15, 0.2) is 0 Å². The largest absolute Gasteiger partial charge is 0.490 e. The molecule has 1 aliphatic heterocycles. The van der Waals surface area contributed by atoms with Crippen molar-refractivity contribution in [3.8, 4) is 0 Å². The number of carboxylic acids is 1. The first-order valence-corrected chi connectivity index (χ1v) is 5.71. The molecule has 0 aromatic rings. The summed E-state index contributed by atoms with van der Waals surface area (Å²) in [7, 11) is 0. The van der Waals surface area contributed by atoms with Crippen molar-refractivity contribution >= 4 is 12.1 Å². The topological polar surface area (TPSA) is 87.7 Å². The number of piperidine rings is 1. The van der Waals surface area contributed by atoms with Gasteiger partial charge in [0.1, 0.15) is 0 Å². The standard InChI is InChI=1S/C8H16N2O2.C2HF3O2/c1-2-12-8(11)10-7-3-5-9-6-4-7;3-2(4,5)1(6)7/h7,9H,2-6H2,1H3,(H,10,11);(H,6,7). The molecule has 1 amide bonds. The molecule has 0 atom stereocenters. The number of halogens is 3. The van der Waals surface area contributed by atoms with Gasteiger partial charge in [-0.05, 0) is 32.9 Å². The van der Waals surface area contributed by atoms with Crippen molar-refractivity contribution in [2.24, 2.45) is 0 Å². The lowest BCUT2D eigenvalue weighted by atomic mass is 10.1. The summed E-state index contributed by atoms with van der Waals surface area (Å²) in [6.45, 7) is 4.22.